The van der Waals surface area contributed by atoms with Crippen LogP contribution < -0.4 is 5.32 Å². The molecule has 2 rings (SSSR count). The van der Waals surface area contributed by atoms with Crippen molar-refractivity contribution in [1.82, 2.24) is 15.2 Å². The van der Waals surface area contributed by atoms with E-state index in [2.05, 4.69) is 41.3 Å². The van der Waals surface area contributed by atoms with E-state index in [0.717, 1.165) is 19.6 Å². The lowest BCUT2D eigenvalue weighted by molar-refractivity contribution is 0.198. The highest BCUT2D eigenvalue weighted by Crippen LogP contribution is 2.18. The normalized spacial score (nSPS) is 23.7. The molecule has 1 saturated heterocycles. The predicted octanol–water partition coefficient (Wildman–Crippen LogP) is 0.966. The number of hydrogen-bond donors (Lipinski definition) is 1. The molecule has 0 spiro atoms. The Morgan fingerprint density at radius 3 is 3.00 bits per heavy atom. The molecule has 1 aliphatic rings. The molecule has 1 atom stereocenters. The number of aromatic nitrogens is 1. The summed E-state index contributed by atoms with van der Waals surface area (Å²) >= 11 is 0. The highest BCUT2D eigenvalue weighted by molar-refractivity contribution is 5.16. The van der Waals surface area contributed by atoms with Gasteiger partial charge in [-0.15, -0.1) is 0 Å². The molecule has 1 N–H and O–H groups in total. The zero-order valence-corrected chi connectivity index (χ0v) is 8.83. The van der Waals surface area contributed by atoms with E-state index < -0.39 is 0 Å². The average molecular weight is 191 g/mol. The summed E-state index contributed by atoms with van der Waals surface area (Å²) in [5, 5.41) is 3.40. The number of rotatable bonds is 1. The summed E-state index contributed by atoms with van der Waals surface area (Å²) in [5.41, 5.74) is 2.39. The van der Waals surface area contributed by atoms with Crippen molar-refractivity contribution in [3.63, 3.8) is 0 Å². The third-order valence-electron chi connectivity index (χ3n) is 2.79. The number of likely N-dealkylation sites (N-methyl/N-ethyl adjacent to an activating group) is 1. The second kappa shape index (κ2) is 4.07. The third-order valence-corrected chi connectivity index (χ3v) is 2.79. The Kier molecular flexibility index (Phi) is 2.79. The minimum atomic E-state index is 0.435. The van der Waals surface area contributed by atoms with E-state index in [1.165, 1.54) is 11.3 Å². The van der Waals surface area contributed by atoms with E-state index >= 15 is 0 Å². The minimum absolute atomic E-state index is 0.435. The maximum absolute atomic E-state index is 4.47. The highest BCUT2D eigenvalue weighted by Gasteiger charge is 2.20. The van der Waals surface area contributed by atoms with Crippen molar-refractivity contribution in [2.45, 2.75) is 13.0 Å². The number of hydrogen-bond acceptors (Lipinski definition) is 3. The van der Waals surface area contributed by atoms with Crippen molar-refractivity contribution in [1.29, 1.82) is 0 Å². The molecular formula is C11H17N3. The summed E-state index contributed by atoms with van der Waals surface area (Å²) in [7, 11) is 2.16. The van der Waals surface area contributed by atoms with Crippen LogP contribution in [0.4, 0.5) is 0 Å². The summed E-state index contributed by atoms with van der Waals surface area (Å²) in [5.74, 6) is 0. The second-order valence-electron chi connectivity index (χ2n) is 3.96. The Morgan fingerprint density at radius 1 is 1.50 bits per heavy atom. The van der Waals surface area contributed by atoms with E-state index in [-0.39, 0.29) is 0 Å². The smallest absolute Gasteiger partial charge is 0.0644 e. The SMILES string of the molecule is Cc1ccc(C2CNCCN2C)nc1. The van der Waals surface area contributed by atoms with Crippen LogP contribution in [-0.4, -0.2) is 36.6 Å². The lowest BCUT2D eigenvalue weighted by atomic mass is 10.1. The van der Waals surface area contributed by atoms with Crippen molar-refractivity contribution in [3.05, 3.63) is 29.6 Å². The first kappa shape index (κ1) is 9.62. The number of nitrogens with zero attached hydrogens (tertiary/aromatic N) is 2. The topological polar surface area (TPSA) is 28.2 Å². The summed E-state index contributed by atoms with van der Waals surface area (Å²) in [4.78, 5) is 6.83. The quantitative estimate of drug-likeness (QED) is 0.717. The molecule has 1 aliphatic heterocycles. The monoisotopic (exact) mass is 191 g/mol. The van der Waals surface area contributed by atoms with Crippen LogP contribution in [0.5, 0.6) is 0 Å². The Labute approximate surface area is 85.1 Å². The van der Waals surface area contributed by atoms with Gasteiger partial charge in [-0.1, -0.05) is 6.07 Å². The molecule has 0 aliphatic carbocycles. The molecule has 0 radical (unpaired) electrons. The van der Waals surface area contributed by atoms with Crippen LogP contribution in [0, 0.1) is 6.92 Å². The largest absolute Gasteiger partial charge is 0.313 e. The van der Waals surface area contributed by atoms with Gasteiger partial charge in [0.1, 0.15) is 0 Å². The van der Waals surface area contributed by atoms with Gasteiger partial charge in [0.05, 0.1) is 11.7 Å². The van der Waals surface area contributed by atoms with Gasteiger partial charge in [0.2, 0.25) is 0 Å². The number of pyridine rings is 1. The molecule has 1 aromatic heterocycles. The predicted molar refractivity (Wildman–Crippen MR) is 57.2 cm³/mol. The van der Waals surface area contributed by atoms with Crippen LogP contribution in [0.3, 0.4) is 0 Å². The maximum Gasteiger partial charge on any atom is 0.0644 e. The van der Waals surface area contributed by atoms with Gasteiger partial charge in [-0.2, -0.15) is 0 Å². The molecule has 0 amide bonds. The first-order valence-corrected chi connectivity index (χ1v) is 5.11. The van der Waals surface area contributed by atoms with Crippen LogP contribution in [0.15, 0.2) is 18.3 Å². The lowest BCUT2D eigenvalue weighted by Gasteiger charge is -2.32. The third kappa shape index (κ3) is 1.94. The van der Waals surface area contributed by atoms with Gasteiger partial charge < -0.3 is 5.32 Å². The second-order valence-corrected chi connectivity index (χ2v) is 3.96. The summed E-state index contributed by atoms with van der Waals surface area (Å²) in [6, 6.07) is 4.69. The van der Waals surface area contributed by atoms with Gasteiger partial charge in [-0.05, 0) is 25.6 Å². The van der Waals surface area contributed by atoms with E-state index in [1.807, 2.05) is 6.20 Å². The van der Waals surface area contributed by atoms with Crippen molar-refractivity contribution < 1.29 is 0 Å². The van der Waals surface area contributed by atoms with Gasteiger partial charge in [-0.25, -0.2) is 0 Å². The van der Waals surface area contributed by atoms with E-state index in [9.17, 15) is 0 Å². The summed E-state index contributed by atoms with van der Waals surface area (Å²) < 4.78 is 0. The van der Waals surface area contributed by atoms with E-state index in [4.69, 9.17) is 0 Å². The zero-order valence-electron chi connectivity index (χ0n) is 8.83. The molecular weight excluding hydrogens is 174 g/mol. The Bertz CT molecular complexity index is 294. The molecule has 0 bridgehead atoms. The fraction of sp³-hybridized carbons (Fsp3) is 0.545. The first-order valence-electron chi connectivity index (χ1n) is 5.11. The van der Waals surface area contributed by atoms with Gasteiger partial charge in [0.25, 0.3) is 0 Å². The molecule has 3 heteroatoms. The molecule has 0 saturated carbocycles. The van der Waals surface area contributed by atoms with Gasteiger partial charge in [-0.3, -0.25) is 9.88 Å². The Balaban J connectivity index is 2.16. The van der Waals surface area contributed by atoms with Crippen molar-refractivity contribution in [2.24, 2.45) is 0 Å². The molecule has 2 heterocycles. The van der Waals surface area contributed by atoms with Gasteiger partial charge >= 0.3 is 0 Å². The van der Waals surface area contributed by atoms with Crippen LogP contribution in [-0.2, 0) is 0 Å². The number of aryl methyl sites for hydroxylation is 1. The molecule has 1 fully saturated rings. The van der Waals surface area contributed by atoms with Crippen molar-refractivity contribution >= 4 is 0 Å². The van der Waals surface area contributed by atoms with Crippen LogP contribution in [0.1, 0.15) is 17.3 Å². The highest BCUT2D eigenvalue weighted by atomic mass is 15.2. The molecule has 14 heavy (non-hydrogen) atoms. The van der Waals surface area contributed by atoms with Crippen LogP contribution >= 0.6 is 0 Å². The molecule has 0 aromatic carbocycles. The molecule has 76 valence electrons. The lowest BCUT2D eigenvalue weighted by Crippen LogP contribution is -2.44. The fourth-order valence-corrected chi connectivity index (χ4v) is 1.81. The molecule has 1 aromatic rings. The van der Waals surface area contributed by atoms with Gasteiger partial charge in [0.15, 0.2) is 0 Å². The molecule has 3 nitrogen and oxygen atoms in total. The summed E-state index contributed by atoms with van der Waals surface area (Å²) in [6.45, 7) is 5.26. The first-order chi connectivity index (χ1) is 6.77. The van der Waals surface area contributed by atoms with Crippen molar-refractivity contribution in [3.8, 4) is 0 Å². The minimum Gasteiger partial charge on any atom is -0.313 e. The average Bonchev–Trinajstić information content (AvgIpc) is 2.20. The molecule has 1 unspecified atom stereocenters. The Hall–Kier alpha value is -0.930. The Morgan fingerprint density at radius 2 is 2.36 bits per heavy atom. The standard InChI is InChI=1S/C11H17N3/c1-9-3-4-10(13-7-9)11-8-12-5-6-14(11)2/h3-4,7,11-12H,5-6,8H2,1-2H3. The fourth-order valence-electron chi connectivity index (χ4n) is 1.81. The number of piperazine rings is 1. The van der Waals surface area contributed by atoms with Crippen molar-refractivity contribution in [2.75, 3.05) is 26.7 Å². The zero-order chi connectivity index (χ0) is 9.97. The summed E-state index contributed by atoms with van der Waals surface area (Å²) in [6.07, 6.45) is 1.94. The van der Waals surface area contributed by atoms with E-state index in [0.29, 0.717) is 6.04 Å². The maximum atomic E-state index is 4.47. The van der Waals surface area contributed by atoms with Crippen LogP contribution in [0.2, 0.25) is 0 Å². The van der Waals surface area contributed by atoms with Gasteiger partial charge in [0, 0.05) is 25.8 Å². The van der Waals surface area contributed by atoms with E-state index in [1.54, 1.807) is 0 Å². The number of nitrogens with one attached hydrogen (secondary N) is 1. The van der Waals surface area contributed by atoms with Crippen LogP contribution in [0.25, 0.3) is 0 Å².